The quantitative estimate of drug-likeness (QED) is 0.219. The normalized spacial score (nSPS) is 10.8. The van der Waals surface area contributed by atoms with Gasteiger partial charge in [-0.1, -0.05) is 12.1 Å². The van der Waals surface area contributed by atoms with Crippen molar-refractivity contribution in [2.75, 3.05) is 40.3 Å². The average Bonchev–Trinajstić information content (AvgIpc) is 2.73. The first-order chi connectivity index (χ1) is 14.4. The van der Waals surface area contributed by atoms with Gasteiger partial charge in [-0.2, -0.15) is 0 Å². The minimum absolute atomic E-state index is 0. The van der Waals surface area contributed by atoms with Crippen LogP contribution < -0.4 is 15.4 Å². The second-order valence-electron chi connectivity index (χ2n) is 6.76. The van der Waals surface area contributed by atoms with Gasteiger partial charge in [-0.15, -0.1) is 24.0 Å². The molecule has 0 aliphatic heterocycles. The maximum absolute atomic E-state index is 13.2. The van der Waals surface area contributed by atoms with Crippen LogP contribution in [0.1, 0.15) is 22.8 Å². The number of hydrogen-bond donors (Lipinski definition) is 2. The summed E-state index contributed by atoms with van der Waals surface area (Å²) in [7, 11) is 3.45. The molecule has 2 N–H and O–H groups in total. The number of guanidine groups is 1. The smallest absolute Gasteiger partial charge is 0.253 e. The lowest BCUT2D eigenvalue weighted by Crippen LogP contribution is -2.39. The van der Waals surface area contributed by atoms with Gasteiger partial charge in [0.1, 0.15) is 12.4 Å². The Hall–Kier alpha value is -2.43. The van der Waals surface area contributed by atoms with Crippen LogP contribution in [0.5, 0.6) is 5.75 Å². The molecule has 0 unspecified atom stereocenters. The fraction of sp³-hybridized carbons (Fsp3) is 0.364. The zero-order chi connectivity index (χ0) is 21.9. The third kappa shape index (κ3) is 9.07. The van der Waals surface area contributed by atoms with Crippen molar-refractivity contribution in [2.24, 2.45) is 4.99 Å². The van der Waals surface area contributed by atoms with Gasteiger partial charge in [0.2, 0.25) is 0 Å². The average molecular weight is 546 g/mol. The van der Waals surface area contributed by atoms with Crippen LogP contribution in [-0.2, 0) is 6.42 Å². The van der Waals surface area contributed by atoms with E-state index in [1.807, 2.05) is 25.1 Å². The van der Waals surface area contributed by atoms with Crippen LogP contribution in [0.3, 0.4) is 0 Å². The van der Waals surface area contributed by atoms with Gasteiger partial charge in [-0.05, 0) is 43.2 Å². The summed E-state index contributed by atoms with van der Waals surface area (Å²) >= 11 is 0. The minimum atomic E-state index is -0.938. The van der Waals surface area contributed by atoms with Crippen molar-refractivity contribution in [3.05, 3.63) is 65.2 Å². The van der Waals surface area contributed by atoms with Crippen molar-refractivity contribution in [3.8, 4) is 5.75 Å². The molecule has 6 nitrogen and oxygen atoms in total. The monoisotopic (exact) mass is 546 g/mol. The third-order valence-corrected chi connectivity index (χ3v) is 4.15. The molecule has 0 radical (unpaired) electrons. The topological polar surface area (TPSA) is 66.0 Å². The molecule has 170 valence electrons. The molecule has 1 amide bonds. The molecule has 0 atom stereocenters. The van der Waals surface area contributed by atoms with E-state index in [-0.39, 0.29) is 42.2 Å². The van der Waals surface area contributed by atoms with Crippen LogP contribution in [0.25, 0.3) is 0 Å². The minimum Gasteiger partial charge on any atom is -0.492 e. The molecule has 0 aromatic heterocycles. The largest absolute Gasteiger partial charge is 0.492 e. The lowest BCUT2D eigenvalue weighted by molar-refractivity contribution is 0.0827. The number of hydrogen-bond acceptors (Lipinski definition) is 3. The van der Waals surface area contributed by atoms with E-state index in [2.05, 4.69) is 15.6 Å². The molecular formula is C22H29F2IN4O2. The third-order valence-electron chi connectivity index (χ3n) is 4.15. The highest BCUT2D eigenvalue weighted by Gasteiger charge is 2.08. The van der Waals surface area contributed by atoms with Crippen LogP contribution in [-0.4, -0.2) is 57.1 Å². The van der Waals surface area contributed by atoms with Gasteiger partial charge in [0, 0.05) is 38.8 Å². The molecule has 0 spiro atoms. The van der Waals surface area contributed by atoms with Crippen LogP contribution in [0.15, 0.2) is 47.5 Å². The highest BCUT2D eigenvalue weighted by atomic mass is 127. The molecule has 0 fully saturated rings. The number of carbonyl (C=O) groups excluding carboxylic acids is 1. The predicted molar refractivity (Wildman–Crippen MR) is 129 cm³/mol. The van der Waals surface area contributed by atoms with E-state index < -0.39 is 11.6 Å². The summed E-state index contributed by atoms with van der Waals surface area (Å²) in [5, 5.41) is 6.27. The van der Waals surface area contributed by atoms with E-state index in [1.165, 1.54) is 6.07 Å². The zero-order valence-corrected chi connectivity index (χ0v) is 20.3. The van der Waals surface area contributed by atoms with Crippen LogP contribution in [0, 0.1) is 11.6 Å². The van der Waals surface area contributed by atoms with Crippen LogP contribution in [0.2, 0.25) is 0 Å². The summed E-state index contributed by atoms with van der Waals surface area (Å²) in [6, 6.07) is 11.0. The molecule has 0 saturated heterocycles. The van der Waals surface area contributed by atoms with Gasteiger partial charge in [0.15, 0.2) is 17.6 Å². The van der Waals surface area contributed by atoms with Gasteiger partial charge >= 0.3 is 0 Å². The van der Waals surface area contributed by atoms with Crippen molar-refractivity contribution in [1.29, 1.82) is 0 Å². The Labute approximate surface area is 199 Å². The number of amides is 1. The second kappa shape index (κ2) is 13.8. The Bertz CT molecular complexity index is 878. The maximum Gasteiger partial charge on any atom is 0.253 e. The Morgan fingerprint density at radius 1 is 1.10 bits per heavy atom. The predicted octanol–water partition coefficient (Wildman–Crippen LogP) is 3.46. The maximum atomic E-state index is 13.2. The number of nitrogens with one attached hydrogen (secondary N) is 2. The lowest BCUT2D eigenvalue weighted by Gasteiger charge is -2.13. The van der Waals surface area contributed by atoms with Gasteiger partial charge in [0.05, 0.1) is 6.54 Å². The van der Waals surface area contributed by atoms with Crippen LogP contribution >= 0.6 is 24.0 Å². The number of halogens is 3. The molecule has 2 aromatic rings. The molecule has 0 bridgehead atoms. The van der Waals surface area contributed by atoms with Crippen molar-refractivity contribution >= 4 is 35.8 Å². The summed E-state index contributed by atoms with van der Waals surface area (Å²) in [6.45, 7) is 3.91. The molecule has 0 saturated carbocycles. The Kier molecular flexibility index (Phi) is 11.8. The van der Waals surface area contributed by atoms with E-state index in [4.69, 9.17) is 4.74 Å². The summed E-state index contributed by atoms with van der Waals surface area (Å²) in [6.07, 6.45) is 0.691. The summed E-state index contributed by atoms with van der Waals surface area (Å²) < 4.78 is 31.5. The molecule has 0 aliphatic rings. The molecule has 0 heterocycles. The molecule has 9 heteroatoms. The number of aliphatic imine (C=N–C) groups is 1. The molecule has 2 aromatic carbocycles. The fourth-order valence-corrected chi connectivity index (χ4v) is 2.66. The van der Waals surface area contributed by atoms with Crippen molar-refractivity contribution < 1.29 is 18.3 Å². The highest BCUT2D eigenvalue weighted by molar-refractivity contribution is 14.0. The summed E-state index contributed by atoms with van der Waals surface area (Å²) in [5.41, 5.74) is 1.69. The number of benzene rings is 2. The standard InChI is InChI=1S/C22H28F2N4O2.HI/c1-4-25-22(27-12-13-30-18-8-9-19(23)20(24)15-18)26-11-10-16-6-5-7-17(14-16)21(29)28(2)3;/h5-9,14-15H,4,10-13H2,1-3H3,(H2,25,26,27);1H. The first-order valence-electron chi connectivity index (χ1n) is 9.81. The first kappa shape index (κ1) is 26.6. The van der Waals surface area contributed by atoms with E-state index in [9.17, 15) is 13.6 Å². The number of ether oxygens (including phenoxy) is 1. The van der Waals surface area contributed by atoms with E-state index in [1.54, 1.807) is 25.1 Å². The van der Waals surface area contributed by atoms with E-state index in [0.717, 1.165) is 17.7 Å². The molecule has 2 rings (SSSR count). The molecule has 31 heavy (non-hydrogen) atoms. The highest BCUT2D eigenvalue weighted by Crippen LogP contribution is 2.15. The summed E-state index contributed by atoms with van der Waals surface area (Å²) in [4.78, 5) is 18.1. The van der Waals surface area contributed by atoms with Gasteiger partial charge in [-0.3, -0.25) is 9.79 Å². The number of carbonyl (C=O) groups is 1. The van der Waals surface area contributed by atoms with Gasteiger partial charge < -0.3 is 20.3 Å². The number of rotatable bonds is 9. The van der Waals surface area contributed by atoms with Crippen molar-refractivity contribution in [1.82, 2.24) is 15.5 Å². The fourth-order valence-electron chi connectivity index (χ4n) is 2.66. The zero-order valence-electron chi connectivity index (χ0n) is 18.0. The van der Waals surface area contributed by atoms with E-state index in [0.29, 0.717) is 37.6 Å². The van der Waals surface area contributed by atoms with Crippen LogP contribution in [0.4, 0.5) is 8.78 Å². The Morgan fingerprint density at radius 3 is 2.55 bits per heavy atom. The Balaban J connectivity index is 0.00000480. The summed E-state index contributed by atoms with van der Waals surface area (Å²) in [5.74, 6) is -0.974. The second-order valence-corrected chi connectivity index (χ2v) is 6.76. The van der Waals surface area contributed by atoms with Crippen molar-refractivity contribution in [3.63, 3.8) is 0 Å². The van der Waals surface area contributed by atoms with Crippen molar-refractivity contribution in [2.45, 2.75) is 13.3 Å². The SMILES string of the molecule is CCNC(=NCCc1cccc(C(=O)N(C)C)c1)NCCOc1ccc(F)c(F)c1.I. The van der Waals surface area contributed by atoms with E-state index >= 15 is 0 Å². The first-order valence-corrected chi connectivity index (χ1v) is 9.81. The lowest BCUT2D eigenvalue weighted by atomic mass is 10.1. The number of nitrogens with zero attached hydrogens (tertiary/aromatic N) is 2. The molecular weight excluding hydrogens is 517 g/mol. The Morgan fingerprint density at radius 2 is 1.87 bits per heavy atom. The van der Waals surface area contributed by atoms with Gasteiger partial charge in [-0.25, -0.2) is 8.78 Å². The molecule has 0 aliphatic carbocycles. The van der Waals surface area contributed by atoms with Gasteiger partial charge in [0.25, 0.3) is 5.91 Å².